The molecule has 0 saturated carbocycles. The van der Waals surface area contributed by atoms with Crippen molar-refractivity contribution >= 4 is 34.8 Å². The van der Waals surface area contributed by atoms with Crippen LogP contribution in [-0.2, 0) is 5.75 Å². The monoisotopic (exact) mass is 344 g/mol. The van der Waals surface area contributed by atoms with Crippen molar-refractivity contribution in [1.29, 1.82) is 0 Å². The molecule has 23 heavy (non-hydrogen) atoms. The van der Waals surface area contributed by atoms with Gasteiger partial charge in [-0.2, -0.15) is 4.98 Å². The number of hydrogen-bond acceptors (Lipinski definition) is 6. The average molecular weight is 345 g/mol. The molecule has 4 aromatic heterocycles. The second-order valence-corrected chi connectivity index (χ2v) is 6.09. The van der Waals surface area contributed by atoms with E-state index < -0.39 is 0 Å². The normalized spacial score (nSPS) is 11.3. The van der Waals surface area contributed by atoms with Gasteiger partial charge in [-0.3, -0.25) is 9.20 Å². The first-order valence-corrected chi connectivity index (χ1v) is 8.03. The largest absolute Gasteiger partial charge is 0.269 e. The van der Waals surface area contributed by atoms with Crippen molar-refractivity contribution < 1.29 is 0 Å². The first-order valence-electron chi connectivity index (χ1n) is 6.67. The van der Waals surface area contributed by atoms with Crippen LogP contribution in [-0.4, -0.2) is 29.0 Å². The highest BCUT2D eigenvalue weighted by Crippen LogP contribution is 2.18. The van der Waals surface area contributed by atoms with Crippen LogP contribution in [0.3, 0.4) is 0 Å². The third-order valence-electron chi connectivity index (χ3n) is 3.12. The van der Waals surface area contributed by atoms with Crippen molar-refractivity contribution in [2.24, 2.45) is 0 Å². The number of pyridine rings is 1. The molecule has 0 bridgehead atoms. The summed E-state index contributed by atoms with van der Waals surface area (Å²) in [6.45, 7) is 0. The van der Waals surface area contributed by atoms with Crippen LogP contribution in [0.2, 0.25) is 5.02 Å². The fraction of sp³-hybridized carbons (Fsp3) is 0.0714. The van der Waals surface area contributed by atoms with Crippen LogP contribution in [0.5, 0.6) is 0 Å². The van der Waals surface area contributed by atoms with Gasteiger partial charge in [-0.1, -0.05) is 23.4 Å². The highest BCUT2D eigenvalue weighted by atomic mass is 35.5. The SMILES string of the molecule is O=c1cc(CSc2nc3ncccn3n2)nc2ccc(Cl)cn12. The third kappa shape index (κ3) is 2.78. The van der Waals surface area contributed by atoms with Crippen molar-refractivity contribution in [2.45, 2.75) is 10.9 Å². The van der Waals surface area contributed by atoms with Crippen LogP contribution >= 0.6 is 23.4 Å². The molecule has 0 saturated heterocycles. The van der Waals surface area contributed by atoms with Crippen LogP contribution in [0.1, 0.15) is 5.69 Å². The molecule has 0 radical (unpaired) electrons. The summed E-state index contributed by atoms with van der Waals surface area (Å²) in [7, 11) is 0. The van der Waals surface area contributed by atoms with Crippen molar-refractivity contribution in [3.8, 4) is 0 Å². The van der Waals surface area contributed by atoms with Gasteiger partial charge < -0.3 is 0 Å². The van der Waals surface area contributed by atoms with Crippen molar-refractivity contribution in [1.82, 2.24) is 29.0 Å². The van der Waals surface area contributed by atoms with Gasteiger partial charge in [0.2, 0.25) is 5.16 Å². The number of rotatable bonds is 3. The summed E-state index contributed by atoms with van der Waals surface area (Å²) in [5.41, 5.74) is 1.05. The number of aromatic nitrogens is 6. The van der Waals surface area contributed by atoms with Crippen LogP contribution in [0, 0.1) is 0 Å². The molecular formula is C14H9ClN6OS. The van der Waals surface area contributed by atoms with Gasteiger partial charge in [-0.15, -0.1) is 5.10 Å². The second kappa shape index (κ2) is 5.64. The van der Waals surface area contributed by atoms with Gasteiger partial charge in [0.1, 0.15) is 5.65 Å². The molecule has 4 aromatic rings. The topological polar surface area (TPSA) is 77.5 Å². The number of hydrogen-bond donors (Lipinski definition) is 0. The fourth-order valence-electron chi connectivity index (χ4n) is 2.11. The predicted octanol–water partition coefficient (Wildman–Crippen LogP) is 2.08. The van der Waals surface area contributed by atoms with Gasteiger partial charge in [0.05, 0.1) is 10.7 Å². The van der Waals surface area contributed by atoms with Crippen molar-refractivity contribution in [3.63, 3.8) is 0 Å². The van der Waals surface area contributed by atoms with E-state index in [0.717, 1.165) is 0 Å². The van der Waals surface area contributed by atoms with E-state index >= 15 is 0 Å². The molecule has 0 fully saturated rings. The maximum Gasteiger partial charge on any atom is 0.258 e. The number of halogens is 1. The van der Waals surface area contributed by atoms with Gasteiger partial charge in [-0.25, -0.2) is 14.5 Å². The lowest BCUT2D eigenvalue weighted by Gasteiger charge is -2.03. The van der Waals surface area contributed by atoms with E-state index in [2.05, 4.69) is 20.1 Å². The smallest absolute Gasteiger partial charge is 0.258 e. The molecular weight excluding hydrogens is 336 g/mol. The molecule has 4 rings (SSSR count). The van der Waals surface area contributed by atoms with Crippen LogP contribution in [0.25, 0.3) is 11.4 Å². The zero-order valence-electron chi connectivity index (χ0n) is 11.6. The fourth-order valence-corrected chi connectivity index (χ4v) is 2.99. The van der Waals surface area contributed by atoms with E-state index in [1.165, 1.54) is 22.2 Å². The van der Waals surface area contributed by atoms with Crippen LogP contribution in [0.15, 0.2) is 52.8 Å². The zero-order valence-corrected chi connectivity index (χ0v) is 13.2. The summed E-state index contributed by atoms with van der Waals surface area (Å²) in [5.74, 6) is 1.03. The minimum absolute atomic E-state index is 0.169. The first-order chi connectivity index (χ1) is 11.2. The summed E-state index contributed by atoms with van der Waals surface area (Å²) in [4.78, 5) is 25.0. The molecule has 7 nitrogen and oxygen atoms in total. The Hall–Kier alpha value is -2.45. The standard InChI is InChI=1S/C14H9ClN6OS/c15-9-2-3-11-17-10(6-12(22)20(11)7-9)8-23-14-18-13-16-4-1-5-21(13)19-14/h1-7H,8H2. The van der Waals surface area contributed by atoms with Gasteiger partial charge in [0, 0.05) is 30.4 Å². The Balaban J connectivity index is 1.62. The summed E-state index contributed by atoms with van der Waals surface area (Å²) < 4.78 is 3.02. The lowest BCUT2D eigenvalue weighted by atomic mass is 10.4. The van der Waals surface area contributed by atoms with Crippen molar-refractivity contribution in [3.05, 3.63) is 63.9 Å². The number of nitrogens with zero attached hydrogens (tertiary/aromatic N) is 6. The molecule has 0 aliphatic rings. The molecule has 0 unspecified atom stereocenters. The Morgan fingerprint density at radius 3 is 3.04 bits per heavy atom. The molecule has 0 atom stereocenters. The molecule has 114 valence electrons. The average Bonchev–Trinajstić information content (AvgIpc) is 2.96. The van der Waals surface area contributed by atoms with Crippen molar-refractivity contribution in [2.75, 3.05) is 0 Å². The van der Waals surface area contributed by atoms with Crippen LogP contribution < -0.4 is 5.56 Å². The maximum absolute atomic E-state index is 12.1. The quantitative estimate of drug-likeness (QED) is 0.529. The molecule has 0 spiro atoms. The molecule has 0 aliphatic heterocycles. The summed E-state index contributed by atoms with van der Waals surface area (Å²) in [5, 5.41) is 5.38. The Kier molecular flexibility index (Phi) is 3.47. The first kappa shape index (κ1) is 14.2. The Morgan fingerprint density at radius 1 is 1.26 bits per heavy atom. The minimum atomic E-state index is -0.169. The molecule has 0 amide bonds. The number of thioether (sulfide) groups is 1. The van der Waals surface area contributed by atoms with Crippen LogP contribution in [0.4, 0.5) is 0 Å². The highest BCUT2D eigenvalue weighted by Gasteiger charge is 2.08. The Morgan fingerprint density at radius 2 is 2.17 bits per heavy atom. The molecule has 4 heterocycles. The maximum atomic E-state index is 12.1. The number of fused-ring (bicyclic) bond motifs is 2. The summed E-state index contributed by atoms with van der Waals surface area (Å²) in [6, 6.07) is 6.69. The third-order valence-corrected chi connectivity index (χ3v) is 4.22. The molecule has 9 heteroatoms. The predicted molar refractivity (Wildman–Crippen MR) is 86.8 cm³/mol. The Bertz CT molecular complexity index is 1040. The Labute approximate surface area is 139 Å². The van der Waals surface area contributed by atoms with Gasteiger partial charge in [-0.05, 0) is 18.2 Å². The van der Waals surface area contributed by atoms with Gasteiger partial charge >= 0.3 is 0 Å². The summed E-state index contributed by atoms with van der Waals surface area (Å²) >= 11 is 7.29. The summed E-state index contributed by atoms with van der Waals surface area (Å²) in [6.07, 6.45) is 5.00. The molecule has 0 aromatic carbocycles. The highest BCUT2D eigenvalue weighted by molar-refractivity contribution is 7.98. The van der Waals surface area contributed by atoms with E-state index in [1.807, 2.05) is 0 Å². The van der Waals surface area contributed by atoms with E-state index in [-0.39, 0.29) is 5.56 Å². The van der Waals surface area contributed by atoms with Gasteiger partial charge in [0.25, 0.3) is 11.3 Å². The van der Waals surface area contributed by atoms with E-state index in [4.69, 9.17) is 11.6 Å². The van der Waals surface area contributed by atoms with Gasteiger partial charge in [0.15, 0.2) is 0 Å². The van der Waals surface area contributed by atoms with E-state index in [1.54, 1.807) is 41.3 Å². The lowest BCUT2D eigenvalue weighted by molar-refractivity contribution is 0.878. The molecule has 0 N–H and O–H groups in total. The second-order valence-electron chi connectivity index (χ2n) is 4.71. The zero-order chi connectivity index (χ0) is 15.8. The molecule has 0 aliphatic carbocycles. The van der Waals surface area contributed by atoms with E-state index in [0.29, 0.717) is 33.1 Å². The van der Waals surface area contributed by atoms with E-state index in [9.17, 15) is 4.79 Å². The minimum Gasteiger partial charge on any atom is -0.269 e. The lowest BCUT2D eigenvalue weighted by Crippen LogP contribution is -2.15.